The number of thiazole rings is 1. The molecule has 2 rings (SSSR count). The Kier molecular flexibility index (Phi) is 5.37. The summed E-state index contributed by atoms with van der Waals surface area (Å²) < 4.78 is 64.8. The Balaban J connectivity index is 2.10. The second-order valence-corrected chi connectivity index (χ2v) is 5.67. The zero-order valence-corrected chi connectivity index (χ0v) is 13.1. The van der Waals surface area contributed by atoms with Crippen molar-refractivity contribution in [2.75, 3.05) is 23.3 Å². The molecule has 0 spiro atoms. The Morgan fingerprint density at radius 3 is 2.42 bits per heavy atom. The van der Waals surface area contributed by atoms with Crippen molar-refractivity contribution < 1.29 is 26.7 Å². The van der Waals surface area contributed by atoms with Crippen LogP contribution >= 0.6 is 11.3 Å². The molecule has 0 bridgehead atoms. The van der Waals surface area contributed by atoms with Crippen molar-refractivity contribution in [3.05, 3.63) is 40.9 Å². The number of halogens is 5. The van der Waals surface area contributed by atoms with Crippen molar-refractivity contribution in [1.29, 1.82) is 0 Å². The van der Waals surface area contributed by atoms with Gasteiger partial charge in [-0.3, -0.25) is 4.79 Å². The molecule has 4 nitrogen and oxygen atoms in total. The zero-order valence-electron chi connectivity index (χ0n) is 12.3. The number of hydrogen-bond acceptors (Lipinski definition) is 4. The topological polar surface area (TPSA) is 45.2 Å². The van der Waals surface area contributed by atoms with Crippen LogP contribution in [-0.2, 0) is 11.0 Å². The molecule has 0 aliphatic heterocycles. The SMILES string of the molecule is CCN(CC(=O)Nc1c(F)cccc1F)c1ncc(C(F)(F)F)s1. The number of benzene rings is 1. The predicted molar refractivity (Wildman–Crippen MR) is 80.0 cm³/mol. The number of carbonyl (C=O) groups excluding carboxylic acids is 1. The number of anilines is 2. The molecule has 1 aromatic heterocycles. The van der Waals surface area contributed by atoms with E-state index >= 15 is 0 Å². The molecule has 1 N–H and O–H groups in total. The maximum atomic E-state index is 13.5. The van der Waals surface area contributed by atoms with E-state index in [0.717, 1.165) is 18.2 Å². The normalized spacial score (nSPS) is 11.4. The first kappa shape index (κ1) is 18.1. The van der Waals surface area contributed by atoms with Gasteiger partial charge in [0.25, 0.3) is 0 Å². The van der Waals surface area contributed by atoms with Crippen LogP contribution in [0.15, 0.2) is 24.4 Å². The predicted octanol–water partition coefficient (Wildman–Crippen LogP) is 3.91. The molecular weight excluding hydrogens is 353 g/mol. The molecule has 0 unspecified atom stereocenters. The highest BCUT2D eigenvalue weighted by molar-refractivity contribution is 7.15. The molecule has 10 heteroatoms. The maximum absolute atomic E-state index is 13.5. The molecule has 0 aliphatic carbocycles. The van der Waals surface area contributed by atoms with Crippen molar-refractivity contribution in [2.45, 2.75) is 13.1 Å². The number of likely N-dealkylation sites (N-methyl/N-ethyl adjacent to an activating group) is 1. The lowest BCUT2D eigenvalue weighted by molar-refractivity contribution is -0.134. The van der Waals surface area contributed by atoms with Gasteiger partial charge < -0.3 is 10.2 Å². The van der Waals surface area contributed by atoms with Gasteiger partial charge in [0, 0.05) is 6.54 Å². The van der Waals surface area contributed by atoms with Crippen LogP contribution in [0.5, 0.6) is 0 Å². The first-order valence-corrected chi connectivity index (χ1v) is 7.56. The van der Waals surface area contributed by atoms with Gasteiger partial charge in [0.15, 0.2) is 5.13 Å². The van der Waals surface area contributed by atoms with Crippen LogP contribution in [0.1, 0.15) is 11.8 Å². The van der Waals surface area contributed by atoms with Gasteiger partial charge >= 0.3 is 6.18 Å². The lowest BCUT2D eigenvalue weighted by Gasteiger charge is -2.19. The van der Waals surface area contributed by atoms with E-state index in [1.54, 1.807) is 6.92 Å². The standard InChI is InChI=1S/C14H12F5N3OS/c1-2-22(13-20-6-10(24-13)14(17,18)19)7-11(23)21-12-8(15)4-3-5-9(12)16/h3-6H,2,7H2,1H3,(H,21,23). The average molecular weight is 365 g/mol. The summed E-state index contributed by atoms with van der Waals surface area (Å²) >= 11 is 0.389. The van der Waals surface area contributed by atoms with E-state index in [0.29, 0.717) is 17.5 Å². The molecule has 1 amide bonds. The lowest BCUT2D eigenvalue weighted by atomic mass is 10.3. The van der Waals surface area contributed by atoms with Crippen LogP contribution in [0.25, 0.3) is 0 Å². The second-order valence-electron chi connectivity index (χ2n) is 4.66. The quantitative estimate of drug-likeness (QED) is 0.818. The number of nitrogens with one attached hydrogen (secondary N) is 1. The monoisotopic (exact) mass is 365 g/mol. The average Bonchev–Trinajstić information content (AvgIpc) is 2.98. The highest BCUT2D eigenvalue weighted by Crippen LogP contribution is 2.36. The van der Waals surface area contributed by atoms with Crippen molar-refractivity contribution >= 4 is 28.1 Å². The van der Waals surface area contributed by atoms with E-state index in [1.807, 2.05) is 0 Å². The van der Waals surface area contributed by atoms with Gasteiger partial charge in [-0.15, -0.1) is 0 Å². The molecule has 0 radical (unpaired) electrons. The molecule has 0 atom stereocenters. The van der Waals surface area contributed by atoms with Gasteiger partial charge in [-0.1, -0.05) is 17.4 Å². The Bertz CT molecular complexity index is 711. The summed E-state index contributed by atoms with van der Waals surface area (Å²) in [5, 5.41) is 2.07. The third kappa shape index (κ3) is 4.19. The maximum Gasteiger partial charge on any atom is 0.427 e. The van der Waals surface area contributed by atoms with E-state index < -0.39 is 40.8 Å². The Morgan fingerprint density at radius 2 is 1.92 bits per heavy atom. The fraction of sp³-hybridized carbons (Fsp3) is 0.286. The number of nitrogens with zero attached hydrogens (tertiary/aromatic N) is 2. The smallest absolute Gasteiger partial charge is 0.339 e. The van der Waals surface area contributed by atoms with Crippen LogP contribution in [0.2, 0.25) is 0 Å². The Labute approximate surface area is 137 Å². The third-order valence-corrected chi connectivity index (χ3v) is 4.09. The lowest BCUT2D eigenvalue weighted by Crippen LogP contribution is -2.33. The van der Waals surface area contributed by atoms with Crippen molar-refractivity contribution in [3.63, 3.8) is 0 Å². The molecule has 0 fully saturated rings. The first-order valence-electron chi connectivity index (χ1n) is 6.74. The fourth-order valence-electron chi connectivity index (χ4n) is 1.83. The van der Waals surface area contributed by atoms with Crippen LogP contribution in [-0.4, -0.2) is 24.0 Å². The third-order valence-electron chi connectivity index (χ3n) is 2.99. The molecule has 24 heavy (non-hydrogen) atoms. The highest BCUT2D eigenvalue weighted by Gasteiger charge is 2.34. The van der Waals surface area contributed by atoms with Gasteiger partial charge in [0.2, 0.25) is 5.91 Å². The van der Waals surface area contributed by atoms with Crippen LogP contribution in [0.3, 0.4) is 0 Å². The van der Waals surface area contributed by atoms with Crippen molar-refractivity contribution in [3.8, 4) is 0 Å². The van der Waals surface area contributed by atoms with Gasteiger partial charge in [-0.05, 0) is 19.1 Å². The summed E-state index contributed by atoms with van der Waals surface area (Å²) in [7, 11) is 0. The Morgan fingerprint density at radius 1 is 1.29 bits per heavy atom. The summed E-state index contributed by atoms with van der Waals surface area (Å²) in [6.45, 7) is 1.42. The van der Waals surface area contributed by atoms with Crippen LogP contribution in [0, 0.1) is 11.6 Å². The van der Waals surface area contributed by atoms with Crippen LogP contribution in [0.4, 0.5) is 32.8 Å². The minimum atomic E-state index is -4.52. The number of para-hydroxylation sites is 1. The molecule has 1 heterocycles. The molecule has 130 valence electrons. The number of amides is 1. The summed E-state index contributed by atoms with van der Waals surface area (Å²) in [5.41, 5.74) is -0.603. The zero-order chi connectivity index (χ0) is 17.9. The van der Waals surface area contributed by atoms with Gasteiger partial charge in [-0.25, -0.2) is 13.8 Å². The molecule has 2 aromatic rings. The second kappa shape index (κ2) is 7.12. The molecule has 1 aromatic carbocycles. The molecule has 0 saturated carbocycles. The summed E-state index contributed by atoms with van der Waals surface area (Å²) in [6.07, 6.45) is -3.84. The first-order chi connectivity index (χ1) is 11.2. The molecule has 0 aliphatic rings. The highest BCUT2D eigenvalue weighted by atomic mass is 32.1. The number of hydrogen-bond donors (Lipinski definition) is 1. The van der Waals surface area contributed by atoms with Gasteiger partial charge in [-0.2, -0.15) is 13.2 Å². The summed E-state index contributed by atoms with van der Waals surface area (Å²) in [6, 6.07) is 3.10. The number of carbonyl (C=O) groups is 1. The van der Waals surface area contributed by atoms with Crippen molar-refractivity contribution in [1.82, 2.24) is 4.98 Å². The molecular formula is C14H12F5N3OS. The van der Waals surface area contributed by atoms with E-state index in [9.17, 15) is 26.7 Å². The molecule has 0 saturated heterocycles. The largest absolute Gasteiger partial charge is 0.427 e. The van der Waals surface area contributed by atoms with Crippen molar-refractivity contribution in [2.24, 2.45) is 0 Å². The van der Waals surface area contributed by atoms with E-state index in [1.165, 1.54) is 4.90 Å². The van der Waals surface area contributed by atoms with E-state index in [2.05, 4.69) is 10.3 Å². The summed E-state index contributed by atoms with van der Waals surface area (Å²) in [4.78, 5) is 16.0. The number of aromatic nitrogens is 1. The van der Waals surface area contributed by atoms with Crippen LogP contribution < -0.4 is 10.2 Å². The van der Waals surface area contributed by atoms with E-state index in [4.69, 9.17) is 0 Å². The van der Waals surface area contributed by atoms with E-state index in [-0.39, 0.29) is 11.7 Å². The fourth-order valence-corrected chi connectivity index (χ4v) is 2.67. The van der Waals surface area contributed by atoms with Gasteiger partial charge in [0.1, 0.15) is 22.2 Å². The Hall–Kier alpha value is -2.23. The minimum Gasteiger partial charge on any atom is -0.339 e. The minimum absolute atomic E-state index is 0.00557. The number of alkyl halides is 3. The number of rotatable bonds is 5. The van der Waals surface area contributed by atoms with Gasteiger partial charge in [0.05, 0.1) is 12.7 Å². The summed E-state index contributed by atoms with van der Waals surface area (Å²) in [5.74, 6) is -2.66.